The molecule has 0 bridgehead atoms. The average Bonchev–Trinajstić information content (AvgIpc) is 3.05. The van der Waals surface area contributed by atoms with Gasteiger partial charge in [0.25, 0.3) is 5.91 Å². The number of amides is 1. The van der Waals surface area contributed by atoms with Crippen LogP contribution >= 0.6 is 11.8 Å². The van der Waals surface area contributed by atoms with Crippen molar-refractivity contribution in [3.63, 3.8) is 0 Å². The highest BCUT2D eigenvalue weighted by Crippen LogP contribution is 2.39. The monoisotopic (exact) mass is 406 g/mol. The molecule has 1 aliphatic carbocycles. The summed E-state index contributed by atoms with van der Waals surface area (Å²) in [6, 6.07) is 16.1. The summed E-state index contributed by atoms with van der Waals surface area (Å²) in [5, 5.41) is 0.784. The van der Waals surface area contributed by atoms with Gasteiger partial charge in [-0.2, -0.15) is 0 Å². The summed E-state index contributed by atoms with van der Waals surface area (Å²) in [6.45, 7) is 2.06. The van der Waals surface area contributed by atoms with Gasteiger partial charge in [0.05, 0.1) is 17.7 Å². The topological polar surface area (TPSA) is 41.9 Å². The number of aliphatic imine (C=N–C) groups is 1. The summed E-state index contributed by atoms with van der Waals surface area (Å²) >= 11 is 1.47. The molecule has 0 spiro atoms. The SMILES string of the molecule is COc1ccccc1/C=C1/SC(=Nc2ccc(C)cc2)N(C2CCCCC2)C1=O. The maximum Gasteiger partial charge on any atom is 0.267 e. The molecule has 2 aromatic rings. The number of aryl methyl sites for hydroxylation is 1. The van der Waals surface area contributed by atoms with E-state index < -0.39 is 0 Å². The number of thioether (sulfide) groups is 1. The van der Waals surface area contributed by atoms with Crippen LogP contribution in [0.25, 0.3) is 6.08 Å². The van der Waals surface area contributed by atoms with E-state index in [1.165, 1.54) is 36.6 Å². The Morgan fingerprint density at radius 1 is 1.07 bits per heavy atom. The summed E-state index contributed by atoms with van der Waals surface area (Å²) in [7, 11) is 1.65. The first-order valence-corrected chi connectivity index (χ1v) is 11.0. The van der Waals surface area contributed by atoms with Gasteiger partial charge in [-0.15, -0.1) is 0 Å². The Morgan fingerprint density at radius 3 is 2.52 bits per heavy atom. The number of ether oxygens (including phenoxy) is 1. The molecule has 1 aliphatic heterocycles. The Balaban J connectivity index is 1.71. The van der Waals surface area contributed by atoms with Crippen molar-refractivity contribution in [1.82, 2.24) is 4.90 Å². The van der Waals surface area contributed by atoms with E-state index in [0.29, 0.717) is 4.91 Å². The molecule has 0 radical (unpaired) electrons. The van der Waals surface area contributed by atoms with Crippen LogP contribution in [0.1, 0.15) is 43.2 Å². The smallest absolute Gasteiger partial charge is 0.267 e. The van der Waals surface area contributed by atoms with Crippen molar-refractivity contribution in [2.75, 3.05) is 7.11 Å². The summed E-state index contributed by atoms with van der Waals surface area (Å²) in [5.74, 6) is 0.820. The molecular weight excluding hydrogens is 380 g/mol. The van der Waals surface area contributed by atoms with Gasteiger partial charge in [-0.25, -0.2) is 4.99 Å². The Hall–Kier alpha value is -2.53. The van der Waals surface area contributed by atoms with E-state index in [1.54, 1.807) is 7.11 Å². The molecule has 2 aliphatic rings. The molecule has 1 heterocycles. The van der Waals surface area contributed by atoms with E-state index in [9.17, 15) is 4.79 Å². The van der Waals surface area contributed by atoms with Crippen molar-refractivity contribution in [3.05, 3.63) is 64.6 Å². The summed E-state index contributed by atoms with van der Waals surface area (Å²) in [6.07, 6.45) is 7.60. The zero-order valence-electron chi connectivity index (χ0n) is 16.9. The Labute approximate surface area is 176 Å². The van der Waals surface area contributed by atoms with Gasteiger partial charge in [0.2, 0.25) is 0 Å². The first-order chi connectivity index (χ1) is 14.2. The predicted octanol–water partition coefficient (Wildman–Crippen LogP) is 5.94. The van der Waals surface area contributed by atoms with Crippen LogP contribution in [0.5, 0.6) is 5.75 Å². The molecule has 29 heavy (non-hydrogen) atoms. The van der Waals surface area contributed by atoms with E-state index in [4.69, 9.17) is 9.73 Å². The third-order valence-corrected chi connectivity index (χ3v) is 6.44. The second-order valence-electron chi connectivity index (χ2n) is 7.55. The van der Waals surface area contributed by atoms with Crippen LogP contribution in [0.3, 0.4) is 0 Å². The minimum atomic E-state index is 0.0543. The average molecular weight is 407 g/mol. The van der Waals surface area contributed by atoms with Gasteiger partial charge in [0, 0.05) is 11.6 Å². The zero-order valence-corrected chi connectivity index (χ0v) is 17.7. The quantitative estimate of drug-likeness (QED) is 0.590. The minimum absolute atomic E-state index is 0.0543. The first-order valence-electron chi connectivity index (χ1n) is 10.2. The Bertz CT molecular complexity index is 944. The Morgan fingerprint density at radius 2 is 1.79 bits per heavy atom. The maximum absolute atomic E-state index is 13.4. The largest absolute Gasteiger partial charge is 0.496 e. The van der Waals surface area contributed by atoms with E-state index in [-0.39, 0.29) is 11.9 Å². The number of carbonyl (C=O) groups excluding carboxylic acids is 1. The summed E-state index contributed by atoms with van der Waals surface area (Å²) < 4.78 is 5.46. The van der Waals surface area contributed by atoms with Crippen molar-refractivity contribution in [3.8, 4) is 5.75 Å². The lowest BCUT2D eigenvalue weighted by molar-refractivity contribution is -0.124. The summed E-state index contributed by atoms with van der Waals surface area (Å²) in [4.78, 5) is 20.9. The fraction of sp³-hybridized carbons (Fsp3) is 0.333. The lowest BCUT2D eigenvalue weighted by Crippen LogP contribution is -2.40. The van der Waals surface area contributed by atoms with Crippen LogP contribution in [0.15, 0.2) is 58.4 Å². The molecule has 4 nitrogen and oxygen atoms in total. The number of hydrogen-bond acceptors (Lipinski definition) is 4. The second kappa shape index (κ2) is 8.87. The lowest BCUT2D eigenvalue weighted by atomic mass is 9.94. The molecule has 1 saturated carbocycles. The van der Waals surface area contributed by atoms with Crippen molar-refractivity contribution >= 4 is 34.6 Å². The standard InChI is InChI=1S/C24H26N2O2S/c1-17-12-14-19(15-13-17)25-24-26(20-9-4-3-5-10-20)23(27)22(29-24)16-18-8-6-7-11-21(18)28-2/h6-8,11-16,20H,3-5,9-10H2,1-2H3/b22-16+,25-24?. The number of carbonyl (C=O) groups is 1. The molecule has 4 rings (SSSR count). The van der Waals surface area contributed by atoms with Gasteiger partial charge in [0.15, 0.2) is 5.17 Å². The van der Waals surface area contributed by atoms with E-state index >= 15 is 0 Å². The van der Waals surface area contributed by atoms with Crippen LogP contribution in [0.4, 0.5) is 5.69 Å². The van der Waals surface area contributed by atoms with Crippen molar-refractivity contribution in [2.45, 2.75) is 45.1 Å². The Kier molecular flexibility index (Phi) is 6.05. The highest BCUT2D eigenvalue weighted by Gasteiger charge is 2.38. The zero-order chi connectivity index (χ0) is 20.2. The molecule has 0 unspecified atom stereocenters. The van der Waals surface area contributed by atoms with Crippen LogP contribution < -0.4 is 4.74 Å². The van der Waals surface area contributed by atoms with Gasteiger partial charge in [-0.1, -0.05) is 55.2 Å². The van der Waals surface area contributed by atoms with E-state index in [2.05, 4.69) is 19.1 Å². The minimum Gasteiger partial charge on any atom is -0.496 e. The highest BCUT2D eigenvalue weighted by atomic mass is 32.2. The lowest BCUT2D eigenvalue weighted by Gasteiger charge is -2.30. The first kappa shape index (κ1) is 19.8. The number of benzene rings is 2. The summed E-state index contributed by atoms with van der Waals surface area (Å²) in [5.41, 5.74) is 2.99. The van der Waals surface area contributed by atoms with Gasteiger partial charge < -0.3 is 4.74 Å². The van der Waals surface area contributed by atoms with Gasteiger partial charge in [0.1, 0.15) is 5.75 Å². The molecule has 0 atom stereocenters. The highest BCUT2D eigenvalue weighted by molar-refractivity contribution is 8.18. The van der Waals surface area contributed by atoms with Crippen molar-refractivity contribution < 1.29 is 9.53 Å². The maximum atomic E-state index is 13.4. The van der Waals surface area contributed by atoms with E-state index in [0.717, 1.165) is 35.0 Å². The van der Waals surface area contributed by atoms with E-state index in [1.807, 2.05) is 47.4 Å². The van der Waals surface area contributed by atoms with Crippen LogP contribution in [0.2, 0.25) is 0 Å². The normalized spacial score (nSPS) is 20.6. The van der Waals surface area contributed by atoms with Crippen molar-refractivity contribution in [2.24, 2.45) is 4.99 Å². The fourth-order valence-corrected chi connectivity index (χ4v) is 4.93. The van der Waals surface area contributed by atoms with Gasteiger partial charge >= 0.3 is 0 Å². The third kappa shape index (κ3) is 4.40. The molecule has 1 amide bonds. The van der Waals surface area contributed by atoms with Crippen LogP contribution in [0, 0.1) is 6.92 Å². The third-order valence-electron chi connectivity index (χ3n) is 5.46. The number of amidine groups is 1. The van der Waals surface area contributed by atoms with Crippen molar-refractivity contribution in [1.29, 1.82) is 0 Å². The second-order valence-corrected chi connectivity index (χ2v) is 8.56. The molecule has 0 aromatic heterocycles. The molecule has 5 heteroatoms. The van der Waals surface area contributed by atoms with Gasteiger partial charge in [-0.3, -0.25) is 9.69 Å². The molecule has 2 aromatic carbocycles. The molecule has 1 saturated heterocycles. The number of nitrogens with zero attached hydrogens (tertiary/aromatic N) is 2. The number of methoxy groups -OCH3 is 1. The van der Waals surface area contributed by atoms with Crippen LogP contribution in [-0.4, -0.2) is 29.1 Å². The molecular formula is C24H26N2O2S. The number of para-hydroxylation sites is 1. The molecule has 0 N–H and O–H groups in total. The number of hydrogen-bond donors (Lipinski definition) is 0. The molecule has 2 fully saturated rings. The number of rotatable bonds is 4. The molecule has 150 valence electrons. The van der Waals surface area contributed by atoms with Gasteiger partial charge in [-0.05, 0) is 55.8 Å². The van der Waals surface area contributed by atoms with Crippen LogP contribution in [-0.2, 0) is 4.79 Å². The predicted molar refractivity (Wildman–Crippen MR) is 121 cm³/mol. The fourth-order valence-electron chi connectivity index (χ4n) is 3.88.